The summed E-state index contributed by atoms with van der Waals surface area (Å²) in [5.41, 5.74) is 0. The van der Waals surface area contributed by atoms with E-state index in [1.54, 1.807) is 0 Å². The van der Waals surface area contributed by atoms with Gasteiger partial charge in [0.2, 0.25) is 5.91 Å². The minimum atomic E-state index is -4.53. The fraction of sp³-hybridized carbons (Fsp3) is 0.969. The van der Waals surface area contributed by atoms with Gasteiger partial charge in [0.1, 0.15) is 13.2 Å². The van der Waals surface area contributed by atoms with Gasteiger partial charge in [0.05, 0.1) is 39.9 Å². The van der Waals surface area contributed by atoms with Crippen molar-refractivity contribution in [3.63, 3.8) is 0 Å². The summed E-state index contributed by atoms with van der Waals surface area (Å²) < 4.78 is 22.9. The van der Waals surface area contributed by atoms with Crippen molar-refractivity contribution in [1.29, 1.82) is 0 Å². The van der Waals surface area contributed by atoms with Crippen molar-refractivity contribution in [2.75, 3.05) is 40.9 Å². The van der Waals surface area contributed by atoms with E-state index in [0.29, 0.717) is 23.9 Å². The fourth-order valence-corrected chi connectivity index (χ4v) is 5.52. The molecule has 0 aliphatic heterocycles. The molecule has 0 fully saturated rings. The van der Waals surface area contributed by atoms with Crippen molar-refractivity contribution in [3.8, 4) is 0 Å². The Labute approximate surface area is 253 Å². The molecule has 0 aromatic carbocycles. The van der Waals surface area contributed by atoms with Crippen LogP contribution in [0.3, 0.4) is 0 Å². The number of aliphatic hydroxyl groups excluding tert-OH is 1. The minimum absolute atomic E-state index is 0.0143. The molecule has 0 spiro atoms. The molecule has 41 heavy (non-hydrogen) atoms. The van der Waals surface area contributed by atoms with E-state index in [4.69, 9.17) is 9.05 Å². The van der Waals surface area contributed by atoms with Crippen LogP contribution in [0.2, 0.25) is 0 Å². The zero-order valence-corrected chi connectivity index (χ0v) is 28.4. The van der Waals surface area contributed by atoms with E-state index in [2.05, 4.69) is 19.2 Å². The highest BCUT2D eigenvalue weighted by molar-refractivity contribution is 7.45. The highest BCUT2D eigenvalue weighted by atomic mass is 31.2. The smallest absolute Gasteiger partial charge is 0.268 e. The van der Waals surface area contributed by atoms with Crippen molar-refractivity contribution >= 4 is 13.7 Å². The Balaban J connectivity index is 4.33. The lowest BCUT2D eigenvalue weighted by atomic mass is 10.0. The van der Waals surface area contributed by atoms with Gasteiger partial charge >= 0.3 is 0 Å². The lowest BCUT2D eigenvalue weighted by Crippen LogP contribution is -2.46. The molecule has 0 aromatic heterocycles. The number of nitrogens with one attached hydrogen (secondary N) is 1. The van der Waals surface area contributed by atoms with Gasteiger partial charge in [0, 0.05) is 6.42 Å². The van der Waals surface area contributed by atoms with Gasteiger partial charge in [-0.15, -0.1) is 0 Å². The standard InChI is InChI=1S/C32H67N2O6P/c1-6-8-10-12-13-14-15-16-17-18-19-20-22-24-26-32(36)33-30(31(35)25-23-21-11-9-7-2)29-40-41(37,38)39-28-27-34(3,4)5/h30-31,35H,6-29H2,1-5H3,(H-,33,36,37,38). The molecule has 0 aliphatic carbocycles. The number of likely N-dealkylation sites (N-methyl/N-ethyl adjacent to an activating group) is 1. The topological polar surface area (TPSA) is 108 Å². The highest BCUT2D eigenvalue weighted by Crippen LogP contribution is 2.38. The maximum absolute atomic E-state index is 12.6. The summed E-state index contributed by atoms with van der Waals surface area (Å²) in [7, 11) is 1.30. The molecule has 0 aliphatic rings. The zero-order valence-electron chi connectivity index (χ0n) is 27.5. The summed E-state index contributed by atoms with van der Waals surface area (Å²) in [6.45, 7) is 4.61. The van der Waals surface area contributed by atoms with Crippen molar-refractivity contribution in [3.05, 3.63) is 0 Å². The molecule has 3 unspecified atom stereocenters. The van der Waals surface area contributed by atoms with Crippen LogP contribution in [0.1, 0.15) is 149 Å². The number of rotatable bonds is 30. The average Bonchev–Trinajstić information content (AvgIpc) is 2.90. The lowest BCUT2D eigenvalue weighted by molar-refractivity contribution is -0.870. The monoisotopic (exact) mass is 606 g/mol. The van der Waals surface area contributed by atoms with Crippen molar-refractivity contribution < 1.29 is 32.9 Å². The second-order valence-electron chi connectivity index (χ2n) is 12.9. The molecule has 8 nitrogen and oxygen atoms in total. The third-order valence-corrected chi connectivity index (χ3v) is 8.56. The first-order valence-electron chi connectivity index (χ1n) is 16.9. The molecule has 0 rings (SSSR count). The number of carbonyl (C=O) groups is 1. The number of carbonyl (C=O) groups excluding carboxylic acids is 1. The molecule has 0 bridgehead atoms. The summed E-state index contributed by atoms with van der Waals surface area (Å²) in [5, 5.41) is 13.6. The van der Waals surface area contributed by atoms with E-state index in [9.17, 15) is 19.4 Å². The average molecular weight is 607 g/mol. The fourth-order valence-electron chi connectivity index (χ4n) is 4.80. The van der Waals surface area contributed by atoms with Gasteiger partial charge < -0.3 is 28.8 Å². The molecule has 3 atom stereocenters. The predicted octanol–water partition coefficient (Wildman–Crippen LogP) is 7.27. The van der Waals surface area contributed by atoms with Crippen LogP contribution in [0.25, 0.3) is 0 Å². The molecular formula is C32H67N2O6P. The molecule has 0 saturated carbocycles. The second kappa shape index (κ2) is 25.9. The Morgan fingerprint density at radius 2 is 1.20 bits per heavy atom. The van der Waals surface area contributed by atoms with E-state index in [1.807, 2.05) is 21.1 Å². The van der Waals surface area contributed by atoms with E-state index in [1.165, 1.54) is 70.6 Å². The molecule has 0 aromatic rings. The van der Waals surface area contributed by atoms with Crippen LogP contribution in [0.5, 0.6) is 0 Å². The number of phosphoric ester groups is 1. The number of aliphatic hydroxyl groups is 1. The summed E-state index contributed by atoms with van der Waals surface area (Å²) >= 11 is 0. The summed E-state index contributed by atoms with van der Waals surface area (Å²) in [4.78, 5) is 24.9. The Bertz CT molecular complexity index is 659. The quantitative estimate of drug-likeness (QED) is 0.0506. The van der Waals surface area contributed by atoms with Crippen molar-refractivity contribution in [2.24, 2.45) is 0 Å². The molecule has 2 N–H and O–H groups in total. The van der Waals surface area contributed by atoms with Gasteiger partial charge in [-0.05, 0) is 12.8 Å². The summed E-state index contributed by atoms with van der Waals surface area (Å²) in [5.74, 6) is -0.172. The van der Waals surface area contributed by atoms with Gasteiger partial charge in [0.25, 0.3) is 7.82 Å². The predicted molar refractivity (Wildman–Crippen MR) is 169 cm³/mol. The highest BCUT2D eigenvalue weighted by Gasteiger charge is 2.24. The number of nitrogens with zero attached hydrogens (tertiary/aromatic N) is 1. The SMILES string of the molecule is CCCCCCCCCCCCCCCCC(=O)NC(COP(=O)([O-])OCC[N+](C)(C)C)C(O)CCCCCCC. The Kier molecular flexibility index (Phi) is 25.6. The number of hydrogen-bond acceptors (Lipinski definition) is 6. The Morgan fingerprint density at radius 1 is 0.756 bits per heavy atom. The van der Waals surface area contributed by atoms with Gasteiger partial charge in [-0.25, -0.2) is 0 Å². The minimum Gasteiger partial charge on any atom is -0.756 e. The molecule has 1 amide bonds. The molecule has 0 radical (unpaired) electrons. The van der Waals surface area contributed by atoms with Crippen LogP contribution in [0.15, 0.2) is 0 Å². The van der Waals surface area contributed by atoms with Crippen LogP contribution < -0.4 is 10.2 Å². The zero-order chi connectivity index (χ0) is 30.8. The van der Waals surface area contributed by atoms with E-state index >= 15 is 0 Å². The molecule has 246 valence electrons. The second-order valence-corrected chi connectivity index (χ2v) is 14.3. The Morgan fingerprint density at radius 3 is 1.66 bits per heavy atom. The summed E-state index contributed by atoms with van der Waals surface area (Å²) in [6, 6.07) is -0.787. The first-order chi connectivity index (χ1) is 19.5. The van der Waals surface area contributed by atoms with Crippen LogP contribution in [-0.4, -0.2) is 68.5 Å². The van der Waals surface area contributed by atoms with Gasteiger partial charge in [-0.3, -0.25) is 9.36 Å². The molecule has 0 saturated heterocycles. The van der Waals surface area contributed by atoms with Crippen LogP contribution in [0.4, 0.5) is 0 Å². The number of hydrogen-bond donors (Lipinski definition) is 2. The van der Waals surface area contributed by atoms with Crippen LogP contribution >= 0.6 is 7.82 Å². The van der Waals surface area contributed by atoms with E-state index in [-0.39, 0.29) is 19.1 Å². The number of unbranched alkanes of at least 4 members (excludes halogenated alkanes) is 17. The van der Waals surface area contributed by atoms with Crippen molar-refractivity contribution in [2.45, 2.75) is 161 Å². The number of phosphoric acid groups is 1. The maximum Gasteiger partial charge on any atom is 0.268 e. The van der Waals surface area contributed by atoms with Crippen LogP contribution in [-0.2, 0) is 18.4 Å². The van der Waals surface area contributed by atoms with E-state index < -0.39 is 20.0 Å². The third-order valence-electron chi connectivity index (χ3n) is 7.60. The molecular weight excluding hydrogens is 539 g/mol. The van der Waals surface area contributed by atoms with Gasteiger partial charge in [-0.2, -0.15) is 0 Å². The normalized spacial score (nSPS) is 15.0. The third kappa shape index (κ3) is 28.1. The Hall–Kier alpha value is -0.500. The first-order valence-corrected chi connectivity index (χ1v) is 18.3. The number of amides is 1. The van der Waals surface area contributed by atoms with Gasteiger partial charge in [-0.1, -0.05) is 129 Å². The first kappa shape index (κ1) is 40.5. The molecule has 9 heteroatoms. The molecule has 0 heterocycles. The number of quaternary nitrogens is 1. The lowest BCUT2D eigenvalue weighted by Gasteiger charge is -2.30. The largest absolute Gasteiger partial charge is 0.756 e. The van der Waals surface area contributed by atoms with Crippen molar-refractivity contribution in [1.82, 2.24) is 5.32 Å². The summed E-state index contributed by atoms with van der Waals surface area (Å²) in [6.07, 6.45) is 22.8. The van der Waals surface area contributed by atoms with Gasteiger partial charge in [0.15, 0.2) is 0 Å². The maximum atomic E-state index is 12.6. The van der Waals surface area contributed by atoms with Crippen LogP contribution in [0, 0.1) is 0 Å². The van der Waals surface area contributed by atoms with E-state index in [0.717, 1.165) is 51.4 Å².